The number of nitrogens with zero attached hydrogens (tertiary/aromatic N) is 2. The fourth-order valence-electron chi connectivity index (χ4n) is 2.96. The first kappa shape index (κ1) is 18.3. The molecule has 0 aliphatic carbocycles. The molecule has 1 aromatic heterocycles. The van der Waals surface area contributed by atoms with Gasteiger partial charge in [-0.1, -0.05) is 12.1 Å². The van der Waals surface area contributed by atoms with E-state index in [4.69, 9.17) is 12.6 Å². The first-order chi connectivity index (χ1) is 12.4. The molecular formula is C18H17BFN3O2S. The number of aromatic nitrogens is 1. The van der Waals surface area contributed by atoms with Crippen LogP contribution < -0.4 is 5.32 Å². The molecule has 8 heteroatoms. The molecule has 1 unspecified atom stereocenters. The minimum atomic E-state index is -1.59. The Balaban J connectivity index is 2.23. The van der Waals surface area contributed by atoms with Crippen LogP contribution in [0.5, 0.6) is 0 Å². The number of amidine groups is 1. The zero-order valence-electron chi connectivity index (χ0n) is 14.7. The summed E-state index contributed by atoms with van der Waals surface area (Å²) in [5.74, 6) is -0.583. The Bertz CT molecular complexity index is 911. The maximum atomic E-state index is 14.2. The van der Waals surface area contributed by atoms with Crippen LogP contribution in [0.3, 0.4) is 0 Å². The minimum absolute atomic E-state index is 0.147. The van der Waals surface area contributed by atoms with Crippen LogP contribution in [-0.2, 0) is 15.0 Å². The highest BCUT2D eigenvalue weighted by Gasteiger charge is 2.42. The molecule has 1 atom stereocenters. The van der Waals surface area contributed by atoms with Gasteiger partial charge < -0.3 is 10.1 Å². The van der Waals surface area contributed by atoms with Crippen molar-refractivity contribution in [3.05, 3.63) is 63.0 Å². The van der Waals surface area contributed by atoms with Gasteiger partial charge in [0.15, 0.2) is 10.8 Å². The number of esters is 1. The van der Waals surface area contributed by atoms with Crippen LogP contribution in [-0.4, -0.2) is 31.2 Å². The van der Waals surface area contributed by atoms with Gasteiger partial charge in [0.05, 0.1) is 17.6 Å². The number of carbonyl (C=O) groups is 1. The third kappa shape index (κ3) is 3.05. The molecule has 0 spiro atoms. The smallest absolute Gasteiger partial charge is 0.337 e. The molecule has 1 aliphatic rings. The molecule has 0 amide bonds. The summed E-state index contributed by atoms with van der Waals surface area (Å²) in [6.45, 7) is 5.22. The van der Waals surface area contributed by atoms with E-state index in [1.54, 1.807) is 39.1 Å². The van der Waals surface area contributed by atoms with E-state index in [2.05, 4.69) is 15.3 Å². The number of hydrogen-bond acceptors (Lipinski definition) is 6. The molecule has 5 nitrogen and oxygen atoms in total. The Labute approximate surface area is 156 Å². The number of ether oxygens (including phenoxy) is 1. The zero-order valence-corrected chi connectivity index (χ0v) is 15.5. The number of rotatable bonds is 4. The van der Waals surface area contributed by atoms with E-state index in [9.17, 15) is 9.18 Å². The molecule has 2 heterocycles. The van der Waals surface area contributed by atoms with Crippen molar-refractivity contribution in [3.8, 4) is 0 Å². The molecule has 1 N–H and O–H groups in total. The van der Waals surface area contributed by atoms with E-state index >= 15 is 0 Å². The summed E-state index contributed by atoms with van der Waals surface area (Å²) in [5.41, 5.74) is -0.221. The summed E-state index contributed by atoms with van der Waals surface area (Å²) in [6.07, 6.45) is 1.65. The second kappa shape index (κ2) is 7.03. The van der Waals surface area contributed by atoms with Gasteiger partial charge in [-0.2, -0.15) is 0 Å². The second-order valence-corrected chi connectivity index (χ2v) is 6.72. The summed E-state index contributed by atoms with van der Waals surface area (Å²) in [4.78, 5) is 21.4. The van der Waals surface area contributed by atoms with Gasteiger partial charge in [0.25, 0.3) is 0 Å². The van der Waals surface area contributed by atoms with Crippen molar-refractivity contribution in [2.75, 3.05) is 6.61 Å². The molecule has 0 saturated carbocycles. The van der Waals surface area contributed by atoms with E-state index in [1.165, 1.54) is 17.4 Å². The lowest BCUT2D eigenvalue weighted by molar-refractivity contribution is -0.139. The average Bonchev–Trinajstić information content (AvgIpc) is 3.11. The van der Waals surface area contributed by atoms with E-state index in [0.29, 0.717) is 27.7 Å². The van der Waals surface area contributed by atoms with Crippen LogP contribution >= 0.6 is 11.3 Å². The van der Waals surface area contributed by atoms with Gasteiger partial charge in [0.2, 0.25) is 0 Å². The number of hydrogen-bond donors (Lipinski definition) is 1. The predicted molar refractivity (Wildman–Crippen MR) is 99.7 cm³/mol. The first-order valence-corrected chi connectivity index (χ1v) is 8.96. The Morgan fingerprint density at radius 3 is 2.85 bits per heavy atom. The molecule has 0 saturated heterocycles. The quantitative estimate of drug-likeness (QED) is 0.665. The van der Waals surface area contributed by atoms with Gasteiger partial charge in [-0.3, -0.25) is 4.99 Å². The highest BCUT2D eigenvalue weighted by Crippen LogP contribution is 2.38. The van der Waals surface area contributed by atoms with Crippen molar-refractivity contribution in [1.29, 1.82) is 0 Å². The predicted octanol–water partition coefficient (Wildman–Crippen LogP) is 2.80. The highest BCUT2D eigenvalue weighted by atomic mass is 32.1. The maximum Gasteiger partial charge on any atom is 0.337 e. The number of aliphatic imine (C=N–C) groups is 1. The van der Waals surface area contributed by atoms with Crippen LogP contribution in [0.25, 0.3) is 0 Å². The van der Waals surface area contributed by atoms with E-state index in [0.717, 1.165) is 0 Å². The molecule has 26 heavy (non-hydrogen) atoms. The van der Waals surface area contributed by atoms with E-state index < -0.39 is 17.2 Å². The summed E-state index contributed by atoms with van der Waals surface area (Å²) in [6, 6.07) is 4.56. The average molecular weight is 369 g/mol. The van der Waals surface area contributed by atoms with Crippen molar-refractivity contribution in [3.63, 3.8) is 0 Å². The molecule has 1 aromatic carbocycles. The third-order valence-electron chi connectivity index (χ3n) is 4.14. The van der Waals surface area contributed by atoms with Crippen LogP contribution in [0, 0.1) is 12.7 Å². The van der Waals surface area contributed by atoms with Crippen LogP contribution in [0.1, 0.15) is 30.0 Å². The molecule has 132 valence electrons. The fourth-order valence-corrected chi connectivity index (χ4v) is 3.54. The number of carbonyl (C=O) groups excluding carboxylic acids is 1. The summed E-state index contributed by atoms with van der Waals surface area (Å²) < 4.78 is 19.4. The Morgan fingerprint density at radius 1 is 1.42 bits per heavy atom. The van der Waals surface area contributed by atoms with Crippen LogP contribution in [0.2, 0.25) is 0 Å². The van der Waals surface area contributed by atoms with Gasteiger partial charge in [-0.25, -0.2) is 14.2 Å². The number of benzene rings is 1. The molecule has 2 radical (unpaired) electrons. The molecular weight excluding hydrogens is 352 g/mol. The Kier molecular flexibility index (Phi) is 4.95. The van der Waals surface area contributed by atoms with E-state index in [1.807, 2.05) is 5.38 Å². The van der Waals surface area contributed by atoms with Gasteiger partial charge in [-0.15, -0.1) is 11.3 Å². The minimum Gasteiger partial charge on any atom is -0.463 e. The first-order valence-electron chi connectivity index (χ1n) is 8.08. The highest BCUT2D eigenvalue weighted by molar-refractivity contribution is 7.11. The molecule has 1 aliphatic heterocycles. The molecule has 2 aromatic rings. The van der Waals surface area contributed by atoms with Crippen molar-refractivity contribution in [2.24, 2.45) is 4.99 Å². The van der Waals surface area contributed by atoms with Gasteiger partial charge in [0.1, 0.15) is 13.7 Å². The second-order valence-electron chi connectivity index (χ2n) is 5.82. The lowest BCUT2D eigenvalue weighted by Gasteiger charge is -2.35. The lowest BCUT2D eigenvalue weighted by atomic mass is 9.65. The summed E-state index contributed by atoms with van der Waals surface area (Å²) in [7, 11) is 6.64. The van der Waals surface area contributed by atoms with Crippen molar-refractivity contribution >= 4 is 31.0 Å². The fraction of sp³-hybridized carbons (Fsp3) is 0.278. The monoisotopic (exact) mass is 369 g/mol. The zero-order chi connectivity index (χ0) is 18.9. The number of allylic oxidation sites excluding steroid dienone is 1. The summed E-state index contributed by atoms with van der Waals surface area (Å²) >= 11 is 1.38. The third-order valence-corrected chi connectivity index (χ3v) is 4.92. The lowest BCUT2D eigenvalue weighted by Crippen LogP contribution is -2.43. The molecule has 0 bridgehead atoms. The van der Waals surface area contributed by atoms with Gasteiger partial charge in [0, 0.05) is 17.3 Å². The van der Waals surface area contributed by atoms with Crippen LogP contribution in [0.15, 0.2) is 46.0 Å². The molecule has 0 fully saturated rings. The Morgan fingerprint density at radius 2 is 2.19 bits per heavy atom. The molecule has 3 rings (SSSR count). The van der Waals surface area contributed by atoms with Crippen molar-refractivity contribution < 1.29 is 13.9 Å². The normalized spacial score (nSPS) is 19.8. The largest absolute Gasteiger partial charge is 0.463 e. The Hall–Kier alpha value is -2.48. The van der Waals surface area contributed by atoms with Crippen molar-refractivity contribution in [2.45, 2.75) is 26.2 Å². The van der Waals surface area contributed by atoms with Gasteiger partial charge in [-0.05, 0) is 38.0 Å². The van der Waals surface area contributed by atoms with E-state index in [-0.39, 0.29) is 12.2 Å². The van der Waals surface area contributed by atoms with Crippen LogP contribution in [0.4, 0.5) is 4.39 Å². The van der Waals surface area contributed by atoms with Gasteiger partial charge >= 0.3 is 5.97 Å². The SMILES string of the molecule is [B]C1(c2cccc(F)c2C)N=C(c2nccs2)NC(C)=C1C(=O)OCC. The number of halogens is 1. The standard InChI is InChI=1S/C18H17BFN3O2S/c1-4-25-17(24)14-11(3)22-15(16-21-8-9-26-16)23-18(14,19)12-6-5-7-13(20)10(12)2/h5-9H,4H2,1-3H3,(H,22,23). The van der Waals surface area contributed by atoms with Crippen molar-refractivity contribution in [1.82, 2.24) is 10.3 Å². The maximum absolute atomic E-state index is 14.2. The topological polar surface area (TPSA) is 63.6 Å². The summed E-state index contributed by atoms with van der Waals surface area (Å²) in [5, 5.41) is 5.50. The number of thiazole rings is 1. The number of nitrogens with one attached hydrogen (secondary N) is 1.